The Balaban J connectivity index is 2.69. The van der Waals surface area contributed by atoms with E-state index in [0.717, 1.165) is 0 Å². The van der Waals surface area contributed by atoms with Crippen molar-refractivity contribution in [3.63, 3.8) is 0 Å². The number of hydrogen-bond donors (Lipinski definition) is 1. The van der Waals surface area contributed by atoms with Crippen molar-refractivity contribution in [2.24, 2.45) is 0 Å². The normalized spacial score (nSPS) is 11.3. The first-order chi connectivity index (χ1) is 6.24. The molecule has 1 atom stereocenters. The molecular formula is C9H7NO3. The van der Waals surface area contributed by atoms with Crippen molar-refractivity contribution < 1.29 is 14.6 Å². The molecule has 0 spiro atoms. The molecular weight excluding hydrogens is 170 g/mol. The van der Waals surface area contributed by atoms with Gasteiger partial charge in [-0.1, -0.05) is 18.2 Å². The minimum Gasteiger partial charge on any atom is -0.478 e. The minimum atomic E-state index is -1.44. The van der Waals surface area contributed by atoms with Gasteiger partial charge in [0.2, 0.25) is 0 Å². The average Bonchev–Trinajstić information content (AvgIpc) is 2.15. The highest BCUT2D eigenvalue weighted by molar-refractivity contribution is 5.75. The topological polar surface area (TPSA) is 70.3 Å². The van der Waals surface area contributed by atoms with E-state index in [9.17, 15) is 4.79 Å². The standard InChI is InChI=1S/C9H7NO3/c10-6-8(9(11)12)13-7-4-2-1-3-5-7/h1-5,8H,(H,11,12). The molecule has 0 aromatic heterocycles. The predicted octanol–water partition coefficient (Wildman–Crippen LogP) is 1.04. The van der Waals surface area contributed by atoms with Crippen molar-refractivity contribution in [3.05, 3.63) is 30.3 Å². The lowest BCUT2D eigenvalue weighted by Crippen LogP contribution is -2.24. The Kier molecular flexibility index (Phi) is 2.87. The number of carbonyl (C=O) groups is 1. The third-order valence-electron chi connectivity index (χ3n) is 1.34. The Labute approximate surface area is 75.0 Å². The van der Waals surface area contributed by atoms with Crippen LogP contribution in [0.25, 0.3) is 0 Å². The molecule has 0 aliphatic carbocycles. The molecule has 4 nitrogen and oxygen atoms in total. The molecule has 66 valence electrons. The molecule has 1 N–H and O–H groups in total. The van der Waals surface area contributed by atoms with E-state index < -0.39 is 12.1 Å². The summed E-state index contributed by atoms with van der Waals surface area (Å²) in [6.45, 7) is 0. The van der Waals surface area contributed by atoms with Crippen LogP contribution in [-0.2, 0) is 4.79 Å². The van der Waals surface area contributed by atoms with Gasteiger partial charge in [-0.05, 0) is 12.1 Å². The van der Waals surface area contributed by atoms with Crippen molar-refractivity contribution in [1.82, 2.24) is 0 Å². The molecule has 0 aliphatic rings. The predicted molar refractivity (Wildman–Crippen MR) is 44.1 cm³/mol. The quantitative estimate of drug-likeness (QED) is 0.748. The Morgan fingerprint density at radius 1 is 1.46 bits per heavy atom. The van der Waals surface area contributed by atoms with Crippen molar-refractivity contribution in [3.8, 4) is 11.8 Å². The Hall–Kier alpha value is -2.02. The van der Waals surface area contributed by atoms with Gasteiger partial charge in [0.05, 0.1) is 0 Å². The first kappa shape index (κ1) is 9.07. The maximum atomic E-state index is 10.4. The summed E-state index contributed by atoms with van der Waals surface area (Å²) in [5, 5.41) is 16.9. The van der Waals surface area contributed by atoms with E-state index in [0.29, 0.717) is 5.75 Å². The molecule has 13 heavy (non-hydrogen) atoms. The lowest BCUT2D eigenvalue weighted by atomic mass is 10.3. The van der Waals surface area contributed by atoms with Gasteiger partial charge in [-0.3, -0.25) is 0 Å². The number of para-hydroxylation sites is 1. The van der Waals surface area contributed by atoms with Crippen LogP contribution >= 0.6 is 0 Å². The fraction of sp³-hybridized carbons (Fsp3) is 0.111. The molecule has 1 aromatic carbocycles. The van der Waals surface area contributed by atoms with Crippen molar-refractivity contribution in [1.29, 1.82) is 5.26 Å². The molecule has 0 aliphatic heterocycles. The Bertz CT molecular complexity index is 328. The number of carboxylic acids is 1. The van der Waals surface area contributed by atoms with Crippen LogP contribution in [0.5, 0.6) is 5.75 Å². The maximum Gasteiger partial charge on any atom is 0.359 e. The number of aliphatic carboxylic acids is 1. The van der Waals surface area contributed by atoms with E-state index in [-0.39, 0.29) is 0 Å². The zero-order chi connectivity index (χ0) is 9.68. The molecule has 1 rings (SSSR count). The Morgan fingerprint density at radius 3 is 2.54 bits per heavy atom. The van der Waals surface area contributed by atoms with Crippen LogP contribution in [0.4, 0.5) is 0 Å². The number of benzene rings is 1. The van der Waals surface area contributed by atoms with E-state index in [2.05, 4.69) is 0 Å². The zero-order valence-corrected chi connectivity index (χ0v) is 6.68. The molecule has 0 heterocycles. The van der Waals surface area contributed by atoms with Gasteiger partial charge in [-0.2, -0.15) is 5.26 Å². The van der Waals surface area contributed by atoms with Crippen molar-refractivity contribution in [2.75, 3.05) is 0 Å². The largest absolute Gasteiger partial charge is 0.478 e. The second-order valence-electron chi connectivity index (χ2n) is 2.28. The lowest BCUT2D eigenvalue weighted by Gasteiger charge is -2.06. The number of rotatable bonds is 3. The van der Waals surface area contributed by atoms with Gasteiger partial charge in [0.1, 0.15) is 11.8 Å². The molecule has 4 heteroatoms. The highest BCUT2D eigenvalue weighted by Gasteiger charge is 2.17. The Morgan fingerprint density at radius 2 is 2.08 bits per heavy atom. The van der Waals surface area contributed by atoms with Gasteiger partial charge in [0, 0.05) is 0 Å². The minimum absolute atomic E-state index is 0.372. The summed E-state index contributed by atoms with van der Waals surface area (Å²) in [7, 11) is 0. The van der Waals surface area contributed by atoms with E-state index in [4.69, 9.17) is 15.1 Å². The summed E-state index contributed by atoms with van der Waals surface area (Å²) in [5.74, 6) is -0.914. The molecule has 0 fully saturated rings. The second kappa shape index (κ2) is 4.12. The average molecular weight is 177 g/mol. The number of nitrogens with zero attached hydrogens (tertiary/aromatic N) is 1. The first-order valence-electron chi connectivity index (χ1n) is 3.58. The molecule has 1 aromatic rings. The fourth-order valence-corrected chi connectivity index (χ4v) is 0.767. The van der Waals surface area contributed by atoms with Crippen LogP contribution in [-0.4, -0.2) is 17.2 Å². The van der Waals surface area contributed by atoms with E-state index >= 15 is 0 Å². The maximum absolute atomic E-state index is 10.4. The molecule has 0 radical (unpaired) electrons. The summed E-state index contributed by atoms with van der Waals surface area (Å²) in [5.41, 5.74) is 0. The number of carboxylic acid groups (broad SMARTS) is 1. The van der Waals surface area contributed by atoms with Gasteiger partial charge in [0.25, 0.3) is 6.10 Å². The third-order valence-corrected chi connectivity index (χ3v) is 1.34. The first-order valence-corrected chi connectivity index (χ1v) is 3.58. The smallest absolute Gasteiger partial charge is 0.359 e. The number of hydrogen-bond acceptors (Lipinski definition) is 3. The van der Waals surface area contributed by atoms with E-state index in [1.54, 1.807) is 30.3 Å². The third kappa shape index (κ3) is 2.49. The van der Waals surface area contributed by atoms with E-state index in [1.165, 1.54) is 6.07 Å². The van der Waals surface area contributed by atoms with Crippen LogP contribution in [0.15, 0.2) is 30.3 Å². The molecule has 0 saturated heterocycles. The van der Waals surface area contributed by atoms with Crippen LogP contribution in [0.1, 0.15) is 0 Å². The summed E-state index contributed by atoms with van der Waals surface area (Å²) in [6, 6.07) is 9.88. The molecule has 0 amide bonds. The molecule has 1 unspecified atom stereocenters. The highest BCUT2D eigenvalue weighted by Crippen LogP contribution is 2.10. The van der Waals surface area contributed by atoms with Crippen LogP contribution in [0.2, 0.25) is 0 Å². The van der Waals surface area contributed by atoms with Crippen LogP contribution in [0.3, 0.4) is 0 Å². The van der Waals surface area contributed by atoms with Gasteiger partial charge in [-0.25, -0.2) is 4.79 Å². The van der Waals surface area contributed by atoms with Gasteiger partial charge < -0.3 is 9.84 Å². The fourth-order valence-electron chi connectivity index (χ4n) is 0.767. The molecule has 0 saturated carbocycles. The number of nitriles is 1. The summed E-state index contributed by atoms with van der Waals surface area (Å²) < 4.78 is 4.86. The van der Waals surface area contributed by atoms with Crippen LogP contribution in [0, 0.1) is 11.3 Å². The van der Waals surface area contributed by atoms with Gasteiger partial charge >= 0.3 is 5.97 Å². The second-order valence-corrected chi connectivity index (χ2v) is 2.28. The SMILES string of the molecule is N#CC(Oc1ccccc1)C(=O)O. The zero-order valence-electron chi connectivity index (χ0n) is 6.68. The monoisotopic (exact) mass is 177 g/mol. The highest BCUT2D eigenvalue weighted by atomic mass is 16.5. The summed E-state index contributed by atoms with van der Waals surface area (Å²) in [4.78, 5) is 10.4. The lowest BCUT2D eigenvalue weighted by molar-refractivity contribution is -0.142. The van der Waals surface area contributed by atoms with Crippen molar-refractivity contribution in [2.45, 2.75) is 6.10 Å². The number of ether oxygens (including phenoxy) is 1. The summed E-state index contributed by atoms with van der Waals surface area (Å²) in [6.07, 6.45) is -1.44. The summed E-state index contributed by atoms with van der Waals surface area (Å²) >= 11 is 0. The molecule has 0 bridgehead atoms. The van der Waals surface area contributed by atoms with Gasteiger partial charge in [0.15, 0.2) is 0 Å². The van der Waals surface area contributed by atoms with Crippen LogP contribution < -0.4 is 4.74 Å². The van der Waals surface area contributed by atoms with Gasteiger partial charge in [-0.15, -0.1) is 0 Å². The van der Waals surface area contributed by atoms with E-state index in [1.807, 2.05) is 0 Å². The van der Waals surface area contributed by atoms with Crippen molar-refractivity contribution >= 4 is 5.97 Å².